The molecule has 106 valence electrons. The van der Waals surface area contributed by atoms with E-state index in [9.17, 15) is 13.2 Å². The molecule has 0 atom stereocenters. The molecule has 0 radical (unpaired) electrons. The van der Waals surface area contributed by atoms with Crippen LogP contribution in [0.4, 0.5) is 13.2 Å². The van der Waals surface area contributed by atoms with Crippen LogP contribution in [0.1, 0.15) is 42.7 Å². The van der Waals surface area contributed by atoms with E-state index in [2.05, 4.69) is 0 Å². The first kappa shape index (κ1) is 14.4. The van der Waals surface area contributed by atoms with E-state index in [4.69, 9.17) is 4.74 Å². The van der Waals surface area contributed by atoms with Gasteiger partial charge in [0.2, 0.25) is 0 Å². The van der Waals surface area contributed by atoms with Gasteiger partial charge in [0.1, 0.15) is 0 Å². The van der Waals surface area contributed by atoms with E-state index in [-0.39, 0.29) is 18.8 Å². The highest BCUT2D eigenvalue weighted by molar-refractivity contribution is 5.25. The van der Waals surface area contributed by atoms with Crippen molar-refractivity contribution in [3.8, 4) is 0 Å². The summed E-state index contributed by atoms with van der Waals surface area (Å²) < 4.78 is 42.8. The molecule has 1 aromatic rings. The molecule has 1 aliphatic rings. The summed E-state index contributed by atoms with van der Waals surface area (Å²) in [5.74, 6) is -0.827. The highest BCUT2D eigenvalue weighted by Crippen LogP contribution is 2.42. The number of rotatable bonds is 3. The zero-order valence-corrected chi connectivity index (χ0v) is 11.0. The topological polar surface area (TPSA) is 9.23 Å². The maximum Gasteiger partial charge on any atom is 0.391 e. The van der Waals surface area contributed by atoms with E-state index in [1.807, 2.05) is 24.3 Å². The lowest BCUT2D eigenvalue weighted by Gasteiger charge is -2.30. The van der Waals surface area contributed by atoms with Crippen molar-refractivity contribution in [2.45, 2.75) is 44.4 Å². The van der Waals surface area contributed by atoms with E-state index in [0.29, 0.717) is 19.4 Å². The third-order valence-corrected chi connectivity index (χ3v) is 3.95. The van der Waals surface area contributed by atoms with Crippen LogP contribution in [0.3, 0.4) is 0 Å². The normalized spacial score (nSPS) is 24.4. The van der Waals surface area contributed by atoms with Gasteiger partial charge in [-0.25, -0.2) is 0 Å². The van der Waals surface area contributed by atoms with Crippen molar-refractivity contribution in [2.24, 2.45) is 5.92 Å². The Bertz CT molecular complexity index is 389. The second-order valence-electron chi connectivity index (χ2n) is 5.26. The highest BCUT2D eigenvalue weighted by Gasteiger charge is 2.41. The molecule has 1 fully saturated rings. The Kier molecular flexibility index (Phi) is 4.50. The van der Waals surface area contributed by atoms with Crippen LogP contribution in [0.5, 0.6) is 0 Å². The Balaban J connectivity index is 1.94. The summed E-state index contributed by atoms with van der Waals surface area (Å²) >= 11 is 0. The monoisotopic (exact) mass is 272 g/mol. The van der Waals surface area contributed by atoms with Gasteiger partial charge in [-0.05, 0) is 42.7 Å². The number of halogens is 3. The summed E-state index contributed by atoms with van der Waals surface area (Å²) in [6, 6.07) is 8.03. The molecular weight excluding hydrogens is 253 g/mol. The van der Waals surface area contributed by atoms with Crippen LogP contribution in [0.15, 0.2) is 24.3 Å². The average molecular weight is 272 g/mol. The fourth-order valence-corrected chi connectivity index (χ4v) is 2.81. The molecule has 0 amide bonds. The van der Waals surface area contributed by atoms with Crippen LogP contribution >= 0.6 is 0 Å². The van der Waals surface area contributed by atoms with E-state index in [1.54, 1.807) is 7.11 Å². The second kappa shape index (κ2) is 5.95. The molecule has 1 saturated carbocycles. The molecule has 2 rings (SSSR count). The predicted molar refractivity (Wildman–Crippen MR) is 67.9 cm³/mol. The number of hydrogen-bond donors (Lipinski definition) is 0. The zero-order chi connectivity index (χ0) is 13.9. The van der Waals surface area contributed by atoms with Gasteiger partial charge >= 0.3 is 6.18 Å². The second-order valence-corrected chi connectivity index (χ2v) is 5.26. The van der Waals surface area contributed by atoms with Crippen molar-refractivity contribution in [1.29, 1.82) is 0 Å². The lowest BCUT2D eigenvalue weighted by molar-refractivity contribution is -0.182. The average Bonchev–Trinajstić information content (AvgIpc) is 2.39. The van der Waals surface area contributed by atoms with Gasteiger partial charge in [-0.15, -0.1) is 0 Å². The molecule has 0 heterocycles. The highest BCUT2D eigenvalue weighted by atomic mass is 19.4. The van der Waals surface area contributed by atoms with Gasteiger partial charge in [0.25, 0.3) is 0 Å². The van der Waals surface area contributed by atoms with Gasteiger partial charge in [-0.2, -0.15) is 13.2 Å². The molecule has 0 saturated heterocycles. The van der Waals surface area contributed by atoms with Crippen molar-refractivity contribution in [1.82, 2.24) is 0 Å². The van der Waals surface area contributed by atoms with Crippen LogP contribution in [0.2, 0.25) is 0 Å². The van der Waals surface area contributed by atoms with Gasteiger partial charge in [-0.1, -0.05) is 24.3 Å². The predicted octanol–water partition coefficient (Wildman–Crippen LogP) is 4.67. The molecule has 1 nitrogen and oxygen atoms in total. The third kappa shape index (κ3) is 3.72. The third-order valence-electron chi connectivity index (χ3n) is 3.95. The summed E-state index contributed by atoms with van der Waals surface area (Å²) in [7, 11) is 1.65. The summed E-state index contributed by atoms with van der Waals surface area (Å²) in [4.78, 5) is 0. The van der Waals surface area contributed by atoms with Crippen LogP contribution in [0.25, 0.3) is 0 Å². The summed E-state index contributed by atoms with van der Waals surface area (Å²) in [5, 5.41) is 0. The lowest BCUT2D eigenvalue weighted by Crippen LogP contribution is -2.27. The Hall–Kier alpha value is -1.03. The molecule has 0 bridgehead atoms. The molecule has 1 aliphatic carbocycles. The zero-order valence-electron chi connectivity index (χ0n) is 11.0. The van der Waals surface area contributed by atoms with Crippen molar-refractivity contribution in [3.63, 3.8) is 0 Å². The summed E-state index contributed by atoms with van der Waals surface area (Å²) in [6.45, 7) is 0.571. The van der Waals surface area contributed by atoms with Gasteiger partial charge in [-0.3, -0.25) is 0 Å². The molecule has 0 aromatic heterocycles. The molecule has 0 N–H and O–H groups in total. The number of benzene rings is 1. The van der Waals surface area contributed by atoms with Gasteiger partial charge in [0.15, 0.2) is 0 Å². The van der Waals surface area contributed by atoms with Gasteiger partial charge in [0.05, 0.1) is 12.5 Å². The van der Waals surface area contributed by atoms with E-state index >= 15 is 0 Å². The molecule has 0 aliphatic heterocycles. The van der Waals surface area contributed by atoms with Gasteiger partial charge < -0.3 is 4.74 Å². The molecular formula is C15H19F3O. The van der Waals surface area contributed by atoms with Crippen LogP contribution in [-0.2, 0) is 11.3 Å². The van der Waals surface area contributed by atoms with Crippen LogP contribution in [-0.4, -0.2) is 13.3 Å². The minimum Gasteiger partial charge on any atom is -0.380 e. The first-order chi connectivity index (χ1) is 9.00. The lowest BCUT2D eigenvalue weighted by atomic mass is 9.78. The number of ether oxygens (including phenoxy) is 1. The van der Waals surface area contributed by atoms with Crippen molar-refractivity contribution >= 4 is 0 Å². The number of hydrogen-bond acceptors (Lipinski definition) is 1. The number of alkyl halides is 3. The van der Waals surface area contributed by atoms with Crippen molar-refractivity contribution in [3.05, 3.63) is 35.4 Å². The largest absolute Gasteiger partial charge is 0.391 e. The quantitative estimate of drug-likeness (QED) is 0.777. The SMILES string of the molecule is COCc1ccc([C@H]2CC[C@H](C(F)(F)F)CC2)cc1. The van der Waals surface area contributed by atoms with Crippen molar-refractivity contribution in [2.75, 3.05) is 7.11 Å². The number of methoxy groups -OCH3 is 1. The Morgan fingerprint density at radius 1 is 1.05 bits per heavy atom. The summed E-state index contributed by atoms with van der Waals surface area (Å²) in [5.41, 5.74) is 2.25. The van der Waals surface area contributed by atoms with Gasteiger partial charge in [0, 0.05) is 7.11 Å². The molecule has 19 heavy (non-hydrogen) atoms. The van der Waals surface area contributed by atoms with Crippen LogP contribution in [0, 0.1) is 5.92 Å². The van der Waals surface area contributed by atoms with E-state index in [0.717, 1.165) is 11.1 Å². The molecule has 0 unspecified atom stereocenters. The standard InChI is InChI=1S/C15H19F3O/c1-19-10-11-2-4-12(5-3-11)13-6-8-14(9-7-13)15(16,17)18/h2-5,13-14H,6-10H2,1H3/t13-,14-. The fourth-order valence-electron chi connectivity index (χ4n) is 2.81. The minimum absolute atomic E-state index is 0.258. The van der Waals surface area contributed by atoms with E-state index < -0.39 is 12.1 Å². The Labute approximate surface area is 111 Å². The molecule has 0 spiro atoms. The molecule has 4 heteroatoms. The maximum absolute atomic E-state index is 12.6. The summed E-state index contributed by atoms with van der Waals surface area (Å²) in [6.07, 6.45) is -2.24. The first-order valence-electron chi connectivity index (χ1n) is 6.65. The van der Waals surface area contributed by atoms with Crippen LogP contribution < -0.4 is 0 Å². The Morgan fingerprint density at radius 3 is 2.11 bits per heavy atom. The Morgan fingerprint density at radius 2 is 1.63 bits per heavy atom. The smallest absolute Gasteiger partial charge is 0.380 e. The maximum atomic E-state index is 12.6. The minimum atomic E-state index is -4.02. The fraction of sp³-hybridized carbons (Fsp3) is 0.600. The first-order valence-corrected chi connectivity index (χ1v) is 6.65. The van der Waals surface area contributed by atoms with E-state index in [1.165, 1.54) is 0 Å². The molecule has 1 aromatic carbocycles. The van der Waals surface area contributed by atoms with Crippen molar-refractivity contribution < 1.29 is 17.9 Å².